The van der Waals surface area contributed by atoms with Gasteiger partial charge in [0.2, 0.25) is 5.91 Å². The number of amides is 1. The van der Waals surface area contributed by atoms with Crippen molar-refractivity contribution in [3.05, 3.63) is 82.3 Å². The minimum atomic E-state index is -0.449. The zero-order chi connectivity index (χ0) is 21.1. The van der Waals surface area contributed by atoms with Crippen molar-refractivity contribution in [1.29, 1.82) is 0 Å². The summed E-state index contributed by atoms with van der Waals surface area (Å²) in [6.07, 6.45) is 0.802. The predicted octanol–water partition coefficient (Wildman–Crippen LogP) is 3.55. The van der Waals surface area contributed by atoms with Crippen LogP contribution in [0.3, 0.4) is 0 Å². The van der Waals surface area contributed by atoms with Crippen LogP contribution in [0.2, 0.25) is 0 Å². The van der Waals surface area contributed by atoms with Crippen molar-refractivity contribution in [2.24, 2.45) is 0 Å². The number of benzene rings is 2. The first-order valence-corrected chi connectivity index (χ1v) is 10.4. The van der Waals surface area contributed by atoms with Crippen molar-refractivity contribution >= 4 is 29.0 Å². The first-order valence-electron chi connectivity index (χ1n) is 9.62. The SMILES string of the molecule is CCc1ccccc1NC(=O)Cn1nc2ccc(Sc3ccc(C)cc3)nn2c1=O. The fraction of sp³-hybridized carbons (Fsp3) is 0.182. The number of fused-ring (bicyclic) bond motifs is 1. The van der Waals surface area contributed by atoms with E-state index in [0.717, 1.165) is 27.2 Å². The topological polar surface area (TPSA) is 81.3 Å². The molecule has 4 aromatic rings. The predicted molar refractivity (Wildman–Crippen MR) is 117 cm³/mol. The molecule has 0 unspecified atom stereocenters. The van der Waals surface area contributed by atoms with E-state index in [1.165, 1.54) is 21.8 Å². The van der Waals surface area contributed by atoms with Gasteiger partial charge in [-0.25, -0.2) is 9.48 Å². The molecule has 1 amide bonds. The second-order valence-corrected chi connectivity index (χ2v) is 7.95. The van der Waals surface area contributed by atoms with Gasteiger partial charge in [0.15, 0.2) is 5.65 Å². The summed E-state index contributed by atoms with van der Waals surface area (Å²) in [7, 11) is 0. The Balaban J connectivity index is 1.53. The molecule has 7 nitrogen and oxygen atoms in total. The highest BCUT2D eigenvalue weighted by Crippen LogP contribution is 2.25. The number of aromatic nitrogens is 4. The maximum absolute atomic E-state index is 12.7. The lowest BCUT2D eigenvalue weighted by atomic mass is 10.1. The number of aryl methyl sites for hydroxylation is 2. The number of nitrogens with one attached hydrogen (secondary N) is 1. The molecule has 0 saturated carbocycles. The lowest BCUT2D eigenvalue weighted by molar-refractivity contribution is -0.117. The van der Waals surface area contributed by atoms with Gasteiger partial charge >= 0.3 is 5.69 Å². The first-order chi connectivity index (χ1) is 14.5. The third-order valence-corrected chi connectivity index (χ3v) is 5.56. The summed E-state index contributed by atoms with van der Waals surface area (Å²) in [6, 6.07) is 19.2. The Morgan fingerprint density at radius 1 is 1.03 bits per heavy atom. The van der Waals surface area contributed by atoms with Crippen molar-refractivity contribution in [3.8, 4) is 0 Å². The molecular weight excluding hydrogens is 398 g/mol. The van der Waals surface area contributed by atoms with Crippen molar-refractivity contribution < 1.29 is 4.79 Å². The molecule has 2 aromatic carbocycles. The molecule has 2 heterocycles. The Hall–Kier alpha value is -3.39. The van der Waals surface area contributed by atoms with Crippen LogP contribution in [0.5, 0.6) is 0 Å². The molecule has 0 bridgehead atoms. The van der Waals surface area contributed by atoms with E-state index in [0.29, 0.717) is 10.7 Å². The average Bonchev–Trinajstić information content (AvgIpc) is 3.05. The molecule has 30 heavy (non-hydrogen) atoms. The molecule has 0 aliphatic carbocycles. The summed E-state index contributed by atoms with van der Waals surface area (Å²) < 4.78 is 2.36. The van der Waals surface area contributed by atoms with Crippen LogP contribution in [0.15, 0.2) is 75.4 Å². The molecule has 0 atom stereocenters. The van der Waals surface area contributed by atoms with E-state index < -0.39 is 5.69 Å². The van der Waals surface area contributed by atoms with Gasteiger partial charge in [0.1, 0.15) is 11.6 Å². The second kappa shape index (κ2) is 8.54. The van der Waals surface area contributed by atoms with Crippen LogP contribution in [-0.2, 0) is 17.8 Å². The lowest BCUT2D eigenvalue weighted by Gasteiger charge is -2.09. The number of nitrogens with zero attached hydrogens (tertiary/aromatic N) is 4. The van der Waals surface area contributed by atoms with E-state index in [1.54, 1.807) is 6.07 Å². The summed E-state index contributed by atoms with van der Waals surface area (Å²) in [5.41, 5.74) is 2.91. The Morgan fingerprint density at radius 3 is 2.57 bits per heavy atom. The fourth-order valence-corrected chi connectivity index (χ4v) is 3.82. The smallest absolute Gasteiger partial charge is 0.324 e. The highest BCUT2D eigenvalue weighted by atomic mass is 32.2. The number of hydrogen-bond acceptors (Lipinski definition) is 5. The van der Waals surface area contributed by atoms with Gasteiger partial charge in [-0.3, -0.25) is 4.79 Å². The molecule has 1 N–H and O–H groups in total. The van der Waals surface area contributed by atoms with Gasteiger partial charge < -0.3 is 5.32 Å². The average molecular weight is 420 g/mol. The number of rotatable bonds is 6. The second-order valence-electron chi connectivity index (χ2n) is 6.86. The summed E-state index contributed by atoms with van der Waals surface area (Å²) in [6.45, 7) is 3.87. The van der Waals surface area contributed by atoms with Crippen molar-refractivity contribution in [2.45, 2.75) is 36.7 Å². The van der Waals surface area contributed by atoms with Crippen LogP contribution in [0.1, 0.15) is 18.1 Å². The molecule has 0 saturated heterocycles. The lowest BCUT2D eigenvalue weighted by Crippen LogP contribution is -2.29. The maximum Gasteiger partial charge on any atom is 0.367 e. The Morgan fingerprint density at radius 2 is 1.80 bits per heavy atom. The number of carbonyl (C=O) groups excluding carboxylic acids is 1. The summed E-state index contributed by atoms with van der Waals surface area (Å²) in [5, 5.41) is 12.1. The van der Waals surface area contributed by atoms with Gasteiger partial charge in [0.25, 0.3) is 0 Å². The minimum absolute atomic E-state index is 0.180. The van der Waals surface area contributed by atoms with Gasteiger partial charge in [-0.15, -0.1) is 5.10 Å². The van der Waals surface area contributed by atoms with Crippen molar-refractivity contribution in [2.75, 3.05) is 5.32 Å². The van der Waals surface area contributed by atoms with Crippen LogP contribution >= 0.6 is 11.8 Å². The van der Waals surface area contributed by atoms with Crippen LogP contribution in [-0.4, -0.2) is 25.3 Å². The molecule has 0 aliphatic rings. The normalized spacial score (nSPS) is 11.0. The van der Waals surface area contributed by atoms with Gasteiger partial charge in [-0.05, 0) is 49.2 Å². The highest BCUT2D eigenvalue weighted by molar-refractivity contribution is 7.99. The molecule has 0 fully saturated rings. The fourth-order valence-electron chi connectivity index (χ4n) is 3.05. The van der Waals surface area contributed by atoms with Crippen LogP contribution in [0.25, 0.3) is 5.65 Å². The van der Waals surface area contributed by atoms with E-state index in [-0.39, 0.29) is 12.5 Å². The van der Waals surface area contributed by atoms with E-state index >= 15 is 0 Å². The van der Waals surface area contributed by atoms with Crippen LogP contribution in [0, 0.1) is 6.92 Å². The highest BCUT2D eigenvalue weighted by Gasteiger charge is 2.13. The quantitative estimate of drug-likeness (QED) is 0.517. The molecule has 8 heteroatoms. The molecule has 0 aliphatic heterocycles. The van der Waals surface area contributed by atoms with Crippen molar-refractivity contribution in [3.63, 3.8) is 0 Å². The Labute approximate surface area is 177 Å². The zero-order valence-corrected chi connectivity index (χ0v) is 17.5. The molecule has 0 radical (unpaired) electrons. The standard InChI is InChI=1S/C22H21N5O2S/c1-3-16-6-4-5-7-18(16)23-20(28)14-26-22(29)27-19(24-26)12-13-21(25-27)30-17-10-8-15(2)9-11-17/h4-13H,3,14H2,1-2H3,(H,23,28). The molecule has 4 rings (SSSR count). The largest absolute Gasteiger partial charge is 0.367 e. The van der Waals surface area contributed by atoms with Crippen LogP contribution in [0.4, 0.5) is 5.69 Å². The third-order valence-electron chi connectivity index (χ3n) is 4.62. The number of anilines is 1. The van der Waals surface area contributed by atoms with E-state index in [2.05, 4.69) is 15.5 Å². The van der Waals surface area contributed by atoms with Crippen molar-refractivity contribution in [1.82, 2.24) is 19.4 Å². The zero-order valence-electron chi connectivity index (χ0n) is 16.7. The third kappa shape index (κ3) is 4.28. The summed E-state index contributed by atoms with van der Waals surface area (Å²) >= 11 is 1.46. The number of carbonyl (C=O) groups is 1. The minimum Gasteiger partial charge on any atom is -0.324 e. The van der Waals surface area contributed by atoms with E-state index in [1.807, 2.05) is 68.4 Å². The Kier molecular flexibility index (Phi) is 5.67. The first kappa shape index (κ1) is 19.9. The Bertz CT molecular complexity index is 1260. The molecule has 0 spiro atoms. The van der Waals surface area contributed by atoms with Crippen LogP contribution < -0.4 is 11.0 Å². The maximum atomic E-state index is 12.7. The van der Waals surface area contributed by atoms with E-state index in [9.17, 15) is 9.59 Å². The number of para-hydroxylation sites is 1. The van der Waals surface area contributed by atoms with E-state index in [4.69, 9.17) is 0 Å². The molecule has 2 aromatic heterocycles. The van der Waals surface area contributed by atoms with Gasteiger partial charge in [0.05, 0.1) is 0 Å². The summed E-state index contributed by atoms with van der Waals surface area (Å²) in [4.78, 5) is 26.2. The monoisotopic (exact) mass is 419 g/mol. The summed E-state index contributed by atoms with van der Waals surface area (Å²) in [5.74, 6) is -0.310. The van der Waals surface area contributed by atoms with Gasteiger partial charge in [0, 0.05) is 10.6 Å². The molecule has 152 valence electrons. The van der Waals surface area contributed by atoms with Gasteiger partial charge in [-0.2, -0.15) is 9.61 Å². The van der Waals surface area contributed by atoms with Gasteiger partial charge in [-0.1, -0.05) is 54.6 Å². The molecular formula is C22H21N5O2S. The number of hydrogen-bond donors (Lipinski definition) is 1.